The Morgan fingerprint density at radius 2 is 1.15 bits per heavy atom. The van der Waals surface area contributed by atoms with Gasteiger partial charge in [0, 0.05) is 31.5 Å². The monoisotopic (exact) mass is 638 g/mol. The van der Waals surface area contributed by atoms with E-state index in [1.807, 2.05) is 30.6 Å². The number of pyridine rings is 1. The van der Waals surface area contributed by atoms with E-state index in [4.69, 9.17) is 9.47 Å². The molecule has 0 saturated carbocycles. The van der Waals surface area contributed by atoms with E-state index >= 15 is 0 Å². The SMILES string of the molecule is C=C(COC(=O)CCCCC[n+]1ccccc1)COC(=O)NCCCCCCCCCCCCCCCCCC.[Br-]. The number of esters is 1. The molecule has 1 rings (SSSR count). The highest BCUT2D eigenvalue weighted by Crippen LogP contribution is 2.13. The lowest BCUT2D eigenvalue weighted by molar-refractivity contribution is -0.697. The van der Waals surface area contributed by atoms with Crippen molar-refractivity contribution in [3.63, 3.8) is 0 Å². The van der Waals surface area contributed by atoms with Crippen molar-refractivity contribution in [1.82, 2.24) is 5.32 Å². The Kier molecular flexibility index (Phi) is 28.2. The van der Waals surface area contributed by atoms with Crippen LogP contribution in [-0.2, 0) is 20.8 Å². The molecule has 236 valence electrons. The van der Waals surface area contributed by atoms with Gasteiger partial charge in [0.15, 0.2) is 12.4 Å². The van der Waals surface area contributed by atoms with Crippen molar-refractivity contribution in [3.05, 3.63) is 42.7 Å². The van der Waals surface area contributed by atoms with Crippen LogP contribution in [0.1, 0.15) is 135 Å². The number of halogens is 1. The Morgan fingerprint density at radius 3 is 1.71 bits per heavy atom. The van der Waals surface area contributed by atoms with Gasteiger partial charge in [-0.15, -0.1) is 0 Å². The molecule has 0 saturated heterocycles. The highest BCUT2D eigenvalue weighted by Gasteiger charge is 2.07. The normalized spacial score (nSPS) is 10.6. The summed E-state index contributed by atoms with van der Waals surface area (Å²) in [4.78, 5) is 23.8. The van der Waals surface area contributed by atoms with Gasteiger partial charge in [0.2, 0.25) is 0 Å². The quantitative estimate of drug-likeness (QED) is 0.0587. The summed E-state index contributed by atoms with van der Waals surface area (Å²) >= 11 is 0. The summed E-state index contributed by atoms with van der Waals surface area (Å²) in [7, 11) is 0. The van der Waals surface area contributed by atoms with Gasteiger partial charge in [-0.05, 0) is 24.8 Å². The first-order chi connectivity index (χ1) is 19.6. The Labute approximate surface area is 261 Å². The standard InChI is InChI=1S/C34H58N2O4.BrH/c1-3-4-5-6-7-8-9-10-11-12-13-14-15-16-17-21-26-35-34(38)40-31-32(2)30-39-33(37)25-20-18-22-27-36-28-23-19-24-29-36;/h19,23-24,28-29H,2-18,20-22,25-27,30-31H2,1H3;1H. The minimum Gasteiger partial charge on any atom is -1.00 e. The molecule has 0 spiro atoms. The number of unbranched alkanes of at least 4 members (excludes halogenated alkanes) is 17. The summed E-state index contributed by atoms with van der Waals surface area (Å²) in [5, 5.41) is 2.79. The van der Waals surface area contributed by atoms with Crippen molar-refractivity contribution in [2.24, 2.45) is 0 Å². The number of nitrogens with zero attached hydrogens (tertiary/aromatic N) is 1. The molecular weight excluding hydrogens is 580 g/mol. The molecule has 0 aliphatic carbocycles. The second kappa shape index (κ2) is 29.6. The summed E-state index contributed by atoms with van der Waals surface area (Å²) in [5.74, 6) is -0.235. The summed E-state index contributed by atoms with van der Waals surface area (Å²) in [6.45, 7) is 7.84. The minimum atomic E-state index is -0.440. The molecule has 1 aromatic rings. The van der Waals surface area contributed by atoms with Crippen molar-refractivity contribution in [2.75, 3.05) is 19.8 Å². The van der Waals surface area contributed by atoms with E-state index in [-0.39, 0.29) is 36.2 Å². The van der Waals surface area contributed by atoms with Gasteiger partial charge in [0.1, 0.15) is 19.8 Å². The zero-order valence-corrected chi connectivity index (χ0v) is 27.6. The molecule has 0 aromatic carbocycles. The van der Waals surface area contributed by atoms with Crippen LogP contribution in [0.5, 0.6) is 0 Å². The lowest BCUT2D eigenvalue weighted by Crippen LogP contribution is -3.00. The van der Waals surface area contributed by atoms with E-state index in [0.29, 0.717) is 18.5 Å². The van der Waals surface area contributed by atoms with E-state index in [9.17, 15) is 9.59 Å². The Bertz CT molecular complexity index is 760. The number of amides is 1. The molecule has 0 fully saturated rings. The fraction of sp³-hybridized carbons (Fsp3) is 0.735. The second-order valence-electron chi connectivity index (χ2n) is 11.1. The molecule has 0 unspecified atom stereocenters. The molecule has 6 nitrogen and oxygen atoms in total. The van der Waals surface area contributed by atoms with Crippen LogP contribution < -0.4 is 26.9 Å². The zero-order chi connectivity index (χ0) is 28.9. The molecule has 1 amide bonds. The van der Waals surface area contributed by atoms with Crippen LogP contribution in [0.25, 0.3) is 0 Å². The van der Waals surface area contributed by atoms with Crippen LogP contribution in [0.4, 0.5) is 4.79 Å². The molecule has 0 aliphatic rings. The summed E-state index contributed by atoms with van der Waals surface area (Å²) in [6, 6.07) is 6.03. The molecule has 7 heteroatoms. The molecule has 0 atom stereocenters. The molecule has 1 aromatic heterocycles. The van der Waals surface area contributed by atoms with Crippen molar-refractivity contribution >= 4 is 12.1 Å². The lowest BCUT2D eigenvalue weighted by Gasteiger charge is -2.10. The van der Waals surface area contributed by atoms with Gasteiger partial charge < -0.3 is 31.8 Å². The van der Waals surface area contributed by atoms with Crippen molar-refractivity contribution in [2.45, 2.75) is 142 Å². The maximum atomic E-state index is 11.9. The average Bonchev–Trinajstić information content (AvgIpc) is 2.97. The first kappa shape index (κ1) is 39.1. The Balaban J connectivity index is 0.0000160. The van der Waals surface area contributed by atoms with Gasteiger partial charge in [0.25, 0.3) is 0 Å². The van der Waals surface area contributed by atoms with Crippen LogP contribution in [0, 0.1) is 0 Å². The molecule has 0 radical (unpaired) electrons. The third-order valence-electron chi connectivity index (χ3n) is 7.22. The third kappa shape index (κ3) is 26.7. The molecule has 41 heavy (non-hydrogen) atoms. The lowest BCUT2D eigenvalue weighted by atomic mass is 10.0. The number of nitrogens with one attached hydrogen (secondary N) is 1. The number of rotatable bonds is 27. The predicted molar refractivity (Wildman–Crippen MR) is 164 cm³/mol. The zero-order valence-electron chi connectivity index (χ0n) is 26.0. The van der Waals surface area contributed by atoms with Crippen LogP contribution in [0.2, 0.25) is 0 Å². The van der Waals surface area contributed by atoms with E-state index in [1.54, 1.807) is 0 Å². The summed E-state index contributed by atoms with van der Waals surface area (Å²) < 4.78 is 12.6. The van der Waals surface area contributed by atoms with Gasteiger partial charge in [0.05, 0.1) is 0 Å². The first-order valence-corrected chi connectivity index (χ1v) is 16.3. The molecule has 0 bridgehead atoms. The number of hydrogen-bond donors (Lipinski definition) is 1. The fourth-order valence-electron chi connectivity index (χ4n) is 4.70. The number of aryl methyl sites for hydroxylation is 1. The molecular formula is C34H59BrN2O4. The summed E-state index contributed by atoms with van der Waals surface area (Å²) in [6.07, 6.45) is 28.2. The van der Waals surface area contributed by atoms with Gasteiger partial charge in [-0.2, -0.15) is 0 Å². The second-order valence-corrected chi connectivity index (χ2v) is 11.1. The number of carbonyl (C=O) groups is 2. The molecule has 1 heterocycles. The predicted octanol–water partition coefficient (Wildman–Crippen LogP) is 5.63. The van der Waals surface area contributed by atoms with E-state index in [0.717, 1.165) is 38.6 Å². The van der Waals surface area contributed by atoms with Crippen molar-refractivity contribution < 1.29 is 40.6 Å². The van der Waals surface area contributed by atoms with Crippen molar-refractivity contribution in [1.29, 1.82) is 0 Å². The molecule has 0 aliphatic heterocycles. The van der Waals surface area contributed by atoms with E-state index in [2.05, 4.69) is 23.4 Å². The fourth-order valence-corrected chi connectivity index (χ4v) is 4.70. The van der Waals surface area contributed by atoms with Gasteiger partial charge >= 0.3 is 12.1 Å². The van der Waals surface area contributed by atoms with Crippen LogP contribution in [0.15, 0.2) is 42.7 Å². The largest absolute Gasteiger partial charge is 1.00 e. The third-order valence-corrected chi connectivity index (χ3v) is 7.22. The minimum absolute atomic E-state index is 0. The van der Waals surface area contributed by atoms with Gasteiger partial charge in [-0.1, -0.05) is 116 Å². The van der Waals surface area contributed by atoms with Gasteiger partial charge in [-0.25, -0.2) is 9.36 Å². The number of aromatic nitrogens is 1. The average molecular weight is 640 g/mol. The molecule has 1 N–H and O–H groups in total. The highest BCUT2D eigenvalue weighted by atomic mass is 79.9. The van der Waals surface area contributed by atoms with Crippen molar-refractivity contribution in [3.8, 4) is 0 Å². The topological polar surface area (TPSA) is 68.5 Å². The number of ether oxygens (including phenoxy) is 2. The number of hydrogen-bond acceptors (Lipinski definition) is 4. The maximum Gasteiger partial charge on any atom is 0.407 e. The van der Waals surface area contributed by atoms with Gasteiger partial charge in [-0.3, -0.25) is 4.79 Å². The first-order valence-electron chi connectivity index (χ1n) is 16.3. The van der Waals surface area contributed by atoms with Crippen LogP contribution in [-0.4, -0.2) is 31.8 Å². The highest BCUT2D eigenvalue weighted by molar-refractivity contribution is 5.69. The number of alkyl carbamates (subject to hydrolysis) is 1. The Hall–Kier alpha value is -1.89. The van der Waals surface area contributed by atoms with Crippen LogP contribution in [0.3, 0.4) is 0 Å². The smallest absolute Gasteiger partial charge is 0.407 e. The van der Waals surface area contributed by atoms with E-state index < -0.39 is 6.09 Å². The number of carbonyl (C=O) groups excluding carboxylic acids is 2. The summed E-state index contributed by atoms with van der Waals surface area (Å²) in [5.41, 5.74) is 0.575. The van der Waals surface area contributed by atoms with E-state index in [1.165, 1.54) is 89.9 Å². The van der Waals surface area contributed by atoms with Crippen LogP contribution >= 0.6 is 0 Å². The Morgan fingerprint density at radius 1 is 0.659 bits per heavy atom. The maximum absolute atomic E-state index is 11.9.